The van der Waals surface area contributed by atoms with Crippen LogP contribution in [0.15, 0.2) is 23.1 Å². The first-order chi connectivity index (χ1) is 9.06. The molecule has 3 atom stereocenters. The summed E-state index contributed by atoms with van der Waals surface area (Å²) in [5, 5.41) is 3.99. The van der Waals surface area contributed by atoms with Gasteiger partial charge in [-0.3, -0.25) is 4.21 Å². The topological polar surface area (TPSA) is 29.1 Å². The molecule has 1 saturated carbocycles. The minimum atomic E-state index is -0.837. The molecule has 1 aliphatic heterocycles. The van der Waals surface area contributed by atoms with Crippen LogP contribution in [-0.2, 0) is 10.8 Å². The van der Waals surface area contributed by atoms with Crippen molar-refractivity contribution in [2.45, 2.75) is 68.2 Å². The zero-order chi connectivity index (χ0) is 13.6. The molecule has 1 heterocycles. The summed E-state index contributed by atoms with van der Waals surface area (Å²) in [4.78, 5) is 1.06. The Balaban J connectivity index is 1.99. The van der Waals surface area contributed by atoms with Crippen LogP contribution in [0.1, 0.15) is 63.1 Å². The van der Waals surface area contributed by atoms with Gasteiger partial charge in [0.2, 0.25) is 0 Å². The van der Waals surface area contributed by atoms with E-state index in [0.717, 1.165) is 11.3 Å². The van der Waals surface area contributed by atoms with E-state index in [-0.39, 0.29) is 5.25 Å². The van der Waals surface area contributed by atoms with Crippen molar-refractivity contribution < 1.29 is 4.21 Å². The fourth-order valence-electron chi connectivity index (χ4n) is 2.84. The molecule has 0 spiro atoms. The molecule has 104 valence electrons. The number of nitrogens with one attached hydrogen (secondary N) is 1. The molecule has 0 saturated heterocycles. The maximum Gasteiger partial charge on any atom is 0.0562 e. The second-order valence-corrected chi connectivity index (χ2v) is 8.13. The zero-order valence-corrected chi connectivity index (χ0v) is 12.8. The standard InChI is InChI=1S/C16H23NOS/c1-10(2)12-4-7-16-14(9-12)15(17-13-5-6-13)8-11(3)19(16)18/h4,7,9-11,13,15,17H,5-6,8H2,1-3H3. The number of fused-ring (bicyclic) bond motifs is 1. The Morgan fingerprint density at radius 3 is 2.68 bits per heavy atom. The highest BCUT2D eigenvalue weighted by atomic mass is 32.2. The summed E-state index contributed by atoms with van der Waals surface area (Å²) in [5.41, 5.74) is 2.64. The van der Waals surface area contributed by atoms with Crippen molar-refractivity contribution in [3.8, 4) is 0 Å². The predicted molar refractivity (Wildman–Crippen MR) is 79.9 cm³/mol. The van der Waals surface area contributed by atoms with Gasteiger partial charge in [-0.2, -0.15) is 0 Å². The first-order valence-corrected chi connectivity index (χ1v) is 8.58. The van der Waals surface area contributed by atoms with Gasteiger partial charge in [0, 0.05) is 22.2 Å². The third-order valence-corrected chi connectivity index (χ3v) is 5.97. The quantitative estimate of drug-likeness (QED) is 0.916. The molecule has 1 aliphatic carbocycles. The second kappa shape index (κ2) is 5.02. The molecule has 1 fully saturated rings. The van der Waals surface area contributed by atoms with Crippen LogP contribution in [0.25, 0.3) is 0 Å². The fourth-order valence-corrected chi connectivity index (χ4v) is 4.27. The maximum absolute atomic E-state index is 12.4. The molecule has 2 aliphatic rings. The van der Waals surface area contributed by atoms with Gasteiger partial charge in [-0.05, 0) is 42.4 Å². The van der Waals surface area contributed by atoms with E-state index in [1.54, 1.807) is 0 Å². The summed E-state index contributed by atoms with van der Waals surface area (Å²) < 4.78 is 12.4. The highest BCUT2D eigenvalue weighted by Gasteiger charge is 2.33. The Morgan fingerprint density at radius 2 is 2.05 bits per heavy atom. The summed E-state index contributed by atoms with van der Waals surface area (Å²) in [5.74, 6) is 0.527. The van der Waals surface area contributed by atoms with E-state index in [2.05, 4.69) is 44.3 Å². The van der Waals surface area contributed by atoms with Crippen molar-refractivity contribution >= 4 is 10.8 Å². The fraction of sp³-hybridized carbons (Fsp3) is 0.625. The van der Waals surface area contributed by atoms with E-state index in [1.165, 1.54) is 24.0 Å². The summed E-state index contributed by atoms with van der Waals surface area (Å²) in [6.07, 6.45) is 3.60. The van der Waals surface area contributed by atoms with Gasteiger partial charge in [-0.15, -0.1) is 0 Å². The molecule has 0 bridgehead atoms. The van der Waals surface area contributed by atoms with Crippen LogP contribution in [0.2, 0.25) is 0 Å². The Labute approximate surface area is 118 Å². The van der Waals surface area contributed by atoms with Gasteiger partial charge in [0.25, 0.3) is 0 Å². The number of rotatable bonds is 3. The van der Waals surface area contributed by atoms with E-state index in [1.807, 2.05) is 0 Å². The molecule has 2 nitrogen and oxygen atoms in total. The van der Waals surface area contributed by atoms with Gasteiger partial charge in [-0.1, -0.05) is 32.9 Å². The first-order valence-electron chi connectivity index (χ1n) is 7.36. The lowest BCUT2D eigenvalue weighted by atomic mass is 9.95. The van der Waals surface area contributed by atoms with Crippen LogP contribution in [-0.4, -0.2) is 15.5 Å². The first kappa shape index (κ1) is 13.3. The number of hydrogen-bond acceptors (Lipinski definition) is 2. The van der Waals surface area contributed by atoms with Crippen LogP contribution in [0.4, 0.5) is 0 Å². The van der Waals surface area contributed by atoms with Crippen molar-refractivity contribution in [1.29, 1.82) is 0 Å². The molecule has 19 heavy (non-hydrogen) atoms. The zero-order valence-electron chi connectivity index (χ0n) is 12.0. The van der Waals surface area contributed by atoms with Gasteiger partial charge in [0.05, 0.1) is 10.8 Å². The van der Waals surface area contributed by atoms with Crippen molar-refractivity contribution in [1.82, 2.24) is 5.32 Å². The lowest BCUT2D eigenvalue weighted by molar-refractivity contribution is 0.474. The van der Waals surface area contributed by atoms with Crippen LogP contribution in [0, 0.1) is 0 Å². The van der Waals surface area contributed by atoms with E-state index in [4.69, 9.17) is 0 Å². The van der Waals surface area contributed by atoms with Crippen molar-refractivity contribution in [2.24, 2.45) is 0 Å². The third-order valence-electron chi connectivity index (χ3n) is 4.24. The second-order valence-electron chi connectivity index (χ2n) is 6.29. The molecule has 1 aromatic carbocycles. The maximum atomic E-state index is 12.4. The number of benzene rings is 1. The average molecular weight is 277 g/mol. The van der Waals surface area contributed by atoms with E-state index in [0.29, 0.717) is 18.0 Å². The number of hydrogen-bond donors (Lipinski definition) is 1. The smallest absolute Gasteiger partial charge is 0.0562 e. The summed E-state index contributed by atoms with van der Waals surface area (Å²) in [6.45, 7) is 6.54. The lowest BCUT2D eigenvalue weighted by Crippen LogP contribution is -2.33. The third kappa shape index (κ3) is 2.63. The minimum absolute atomic E-state index is 0.258. The molecule has 3 rings (SSSR count). The van der Waals surface area contributed by atoms with Crippen molar-refractivity contribution in [3.05, 3.63) is 29.3 Å². The van der Waals surface area contributed by atoms with Crippen LogP contribution >= 0.6 is 0 Å². The van der Waals surface area contributed by atoms with Crippen LogP contribution in [0.5, 0.6) is 0 Å². The Hall–Kier alpha value is -0.670. The van der Waals surface area contributed by atoms with Gasteiger partial charge < -0.3 is 5.32 Å². The van der Waals surface area contributed by atoms with E-state index < -0.39 is 10.8 Å². The molecule has 0 amide bonds. The monoisotopic (exact) mass is 277 g/mol. The van der Waals surface area contributed by atoms with Crippen LogP contribution in [0.3, 0.4) is 0 Å². The molecular formula is C16H23NOS. The molecule has 1 N–H and O–H groups in total. The summed E-state index contributed by atoms with van der Waals surface area (Å²) in [6, 6.07) is 7.61. The highest BCUT2D eigenvalue weighted by Crippen LogP contribution is 2.37. The van der Waals surface area contributed by atoms with Gasteiger partial charge in [0.1, 0.15) is 0 Å². The minimum Gasteiger partial charge on any atom is -0.307 e. The highest BCUT2D eigenvalue weighted by molar-refractivity contribution is 7.85. The summed E-state index contributed by atoms with van der Waals surface area (Å²) >= 11 is 0. The lowest BCUT2D eigenvalue weighted by Gasteiger charge is -2.30. The average Bonchev–Trinajstić information content (AvgIpc) is 3.19. The van der Waals surface area contributed by atoms with Gasteiger partial charge in [-0.25, -0.2) is 0 Å². The normalized spacial score (nSPS) is 30.4. The SMILES string of the molecule is CC(C)c1ccc2c(c1)C(NC1CC1)CC(C)S2=O. The molecular weight excluding hydrogens is 254 g/mol. The Kier molecular flexibility index (Phi) is 3.52. The molecule has 0 aromatic heterocycles. The molecule has 3 unspecified atom stereocenters. The van der Waals surface area contributed by atoms with Crippen LogP contribution < -0.4 is 5.32 Å². The van der Waals surface area contributed by atoms with E-state index >= 15 is 0 Å². The predicted octanol–water partition coefficient (Wildman–Crippen LogP) is 3.50. The van der Waals surface area contributed by atoms with Crippen molar-refractivity contribution in [2.75, 3.05) is 0 Å². The Bertz CT molecular complexity index is 507. The Morgan fingerprint density at radius 1 is 1.32 bits per heavy atom. The van der Waals surface area contributed by atoms with E-state index in [9.17, 15) is 4.21 Å². The molecule has 0 radical (unpaired) electrons. The van der Waals surface area contributed by atoms with Gasteiger partial charge in [0.15, 0.2) is 0 Å². The summed E-state index contributed by atoms with van der Waals surface area (Å²) in [7, 11) is -0.837. The largest absolute Gasteiger partial charge is 0.307 e. The molecule has 1 aromatic rings. The van der Waals surface area contributed by atoms with Crippen molar-refractivity contribution in [3.63, 3.8) is 0 Å². The molecule has 3 heteroatoms. The van der Waals surface area contributed by atoms with Gasteiger partial charge >= 0.3 is 0 Å².